The first-order valence-corrected chi connectivity index (χ1v) is 4.71. The van der Waals surface area contributed by atoms with E-state index >= 15 is 0 Å². The van der Waals surface area contributed by atoms with Crippen molar-refractivity contribution >= 4 is 28.9 Å². The van der Waals surface area contributed by atoms with Crippen molar-refractivity contribution < 1.29 is 4.74 Å². The molecule has 0 heterocycles. The van der Waals surface area contributed by atoms with Crippen LogP contribution in [0.3, 0.4) is 0 Å². The van der Waals surface area contributed by atoms with Crippen molar-refractivity contribution in [1.82, 2.24) is 0 Å². The van der Waals surface area contributed by atoms with Gasteiger partial charge < -0.3 is 10.1 Å². The lowest BCUT2D eigenvalue weighted by Gasteiger charge is -2.10. The summed E-state index contributed by atoms with van der Waals surface area (Å²) in [6.45, 7) is 2.82. The number of hydrogen-bond acceptors (Lipinski definition) is 2. The monoisotopic (exact) mass is 219 g/mol. The minimum Gasteiger partial charge on any atom is -0.495 e. The molecule has 0 aliphatic heterocycles. The molecule has 0 saturated carbocycles. The van der Waals surface area contributed by atoms with E-state index in [1.807, 2.05) is 6.92 Å². The van der Waals surface area contributed by atoms with E-state index in [4.69, 9.17) is 27.9 Å². The second-order valence-electron chi connectivity index (χ2n) is 2.50. The summed E-state index contributed by atoms with van der Waals surface area (Å²) in [6, 6.07) is 3.45. The van der Waals surface area contributed by atoms with E-state index in [1.54, 1.807) is 19.2 Å². The lowest BCUT2D eigenvalue weighted by Crippen LogP contribution is -1.99. The van der Waals surface area contributed by atoms with Crippen molar-refractivity contribution in [3.8, 4) is 5.75 Å². The SMILES string of the molecule is CCNc1cc(Cl)c(Cl)cc1OC. The molecule has 1 rings (SSSR count). The quantitative estimate of drug-likeness (QED) is 0.842. The summed E-state index contributed by atoms with van der Waals surface area (Å²) in [5.74, 6) is 0.705. The van der Waals surface area contributed by atoms with Gasteiger partial charge in [0, 0.05) is 12.6 Å². The summed E-state index contributed by atoms with van der Waals surface area (Å²) < 4.78 is 5.13. The van der Waals surface area contributed by atoms with E-state index < -0.39 is 0 Å². The molecular formula is C9H11Cl2NO. The van der Waals surface area contributed by atoms with Crippen LogP contribution in [0.25, 0.3) is 0 Å². The molecule has 72 valence electrons. The average molecular weight is 220 g/mol. The Kier molecular flexibility index (Phi) is 3.70. The number of nitrogens with one attached hydrogen (secondary N) is 1. The minimum absolute atomic E-state index is 0.500. The van der Waals surface area contributed by atoms with E-state index in [0.717, 1.165) is 12.2 Å². The van der Waals surface area contributed by atoms with Gasteiger partial charge in [-0.15, -0.1) is 0 Å². The third-order valence-corrected chi connectivity index (χ3v) is 2.33. The Morgan fingerprint density at radius 3 is 2.46 bits per heavy atom. The van der Waals surface area contributed by atoms with Gasteiger partial charge in [-0.3, -0.25) is 0 Å². The van der Waals surface area contributed by atoms with Crippen molar-refractivity contribution in [1.29, 1.82) is 0 Å². The van der Waals surface area contributed by atoms with Gasteiger partial charge in [0.25, 0.3) is 0 Å². The molecule has 0 amide bonds. The number of ether oxygens (including phenoxy) is 1. The Hall–Kier alpha value is -0.600. The molecule has 1 N–H and O–H groups in total. The van der Waals surface area contributed by atoms with Gasteiger partial charge in [0.15, 0.2) is 0 Å². The van der Waals surface area contributed by atoms with E-state index in [2.05, 4.69) is 5.32 Å². The zero-order valence-corrected chi connectivity index (χ0v) is 9.04. The van der Waals surface area contributed by atoms with Gasteiger partial charge in [-0.25, -0.2) is 0 Å². The summed E-state index contributed by atoms with van der Waals surface area (Å²) in [5, 5.41) is 4.15. The smallest absolute Gasteiger partial charge is 0.143 e. The van der Waals surface area contributed by atoms with E-state index in [1.165, 1.54) is 0 Å². The standard InChI is InChI=1S/C9H11Cl2NO/c1-3-12-8-4-6(10)7(11)5-9(8)13-2/h4-5,12H,3H2,1-2H3. The molecule has 1 aromatic carbocycles. The number of benzene rings is 1. The van der Waals surface area contributed by atoms with Gasteiger partial charge in [0.05, 0.1) is 22.8 Å². The van der Waals surface area contributed by atoms with Crippen LogP contribution in [0.5, 0.6) is 5.75 Å². The topological polar surface area (TPSA) is 21.3 Å². The Bertz CT molecular complexity index is 302. The lowest BCUT2D eigenvalue weighted by molar-refractivity contribution is 0.416. The van der Waals surface area contributed by atoms with Crippen LogP contribution in [0.1, 0.15) is 6.92 Å². The summed E-state index contributed by atoms with van der Waals surface area (Å²) in [4.78, 5) is 0. The molecule has 1 aromatic rings. The summed E-state index contributed by atoms with van der Waals surface area (Å²) in [7, 11) is 1.60. The van der Waals surface area contributed by atoms with Crippen LogP contribution < -0.4 is 10.1 Å². The molecule has 0 aromatic heterocycles. The van der Waals surface area contributed by atoms with Crippen LogP contribution in [0.2, 0.25) is 10.0 Å². The lowest BCUT2D eigenvalue weighted by atomic mass is 10.3. The van der Waals surface area contributed by atoms with Crippen LogP contribution in [0.15, 0.2) is 12.1 Å². The van der Waals surface area contributed by atoms with Crippen LogP contribution >= 0.6 is 23.2 Å². The van der Waals surface area contributed by atoms with E-state index in [-0.39, 0.29) is 0 Å². The molecule has 0 saturated heterocycles. The van der Waals surface area contributed by atoms with Crippen molar-refractivity contribution in [2.75, 3.05) is 19.0 Å². The normalized spacial score (nSPS) is 9.85. The molecule has 4 heteroatoms. The zero-order chi connectivity index (χ0) is 9.84. The van der Waals surface area contributed by atoms with Crippen molar-refractivity contribution in [3.05, 3.63) is 22.2 Å². The molecule has 0 aliphatic rings. The molecule has 0 fully saturated rings. The van der Waals surface area contributed by atoms with Gasteiger partial charge in [-0.2, -0.15) is 0 Å². The van der Waals surface area contributed by atoms with Crippen molar-refractivity contribution in [2.24, 2.45) is 0 Å². The summed E-state index contributed by atoms with van der Waals surface area (Å²) >= 11 is 11.7. The summed E-state index contributed by atoms with van der Waals surface area (Å²) in [6.07, 6.45) is 0. The second-order valence-corrected chi connectivity index (χ2v) is 3.31. The van der Waals surface area contributed by atoms with E-state index in [9.17, 15) is 0 Å². The highest BCUT2D eigenvalue weighted by Gasteiger charge is 2.06. The maximum Gasteiger partial charge on any atom is 0.143 e. The molecule has 0 bridgehead atoms. The fourth-order valence-corrected chi connectivity index (χ4v) is 1.34. The predicted molar refractivity (Wildman–Crippen MR) is 57.2 cm³/mol. The molecule has 0 unspecified atom stereocenters. The van der Waals surface area contributed by atoms with Gasteiger partial charge >= 0.3 is 0 Å². The van der Waals surface area contributed by atoms with Crippen molar-refractivity contribution in [2.45, 2.75) is 6.92 Å². The zero-order valence-electron chi connectivity index (χ0n) is 7.53. The maximum absolute atomic E-state index is 5.85. The molecule has 2 nitrogen and oxygen atoms in total. The first-order chi connectivity index (χ1) is 6.19. The van der Waals surface area contributed by atoms with Crippen LogP contribution in [0, 0.1) is 0 Å². The van der Waals surface area contributed by atoms with Gasteiger partial charge in [0.2, 0.25) is 0 Å². The Labute approximate surface area is 87.8 Å². The highest BCUT2D eigenvalue weighted by atomic mass is 35.5. The number of methoxy groups -OCH3 is 1. The average Bonchev–Trinajstić information content (AvgIpc) is 2.11. The van der Waals surface area contributed by atoms with E-state index in [0.29, 0.717) is 15.8 Å². The minimum atomic E-state index is 0.500. The summed E-state index contributed by atoms with van der Waals surface area (Å²) in [5.41, 5.74) is 0.861. The fourth-order valence-electron chi connectivity index (χ4n) is 1.03. The third-order valence-electron chi connectivity index (χ3n) is 1.61. The highest BCUT2D eigenvalue weighted by Crippen LogP contribution is 2.33. The van der Waals surface area contributed by atoms with Gasteiger partial charge in [0.1, 0.15) is 5.75 Å². The highest BCUT2D eigenvalue weighted by molar-refractivity contribution is 6.42. The van der Waals surface area contributed by atoms with Crippen LogP contribution in [0.4, 0.5) is 5.69 Å². The molecule has 0 spiro atoms. The second kappa shape index (κ2) is 4.58. The molecule has 0 radical (unpaired) electrons. The van der Waals surface area contributed by atoms with Gasteiger partial charge in [-0.05, 0) is 13.0 Å². The van der Waals surface area contributed by atoms with Gasteiger partial charge in [-0.1, -0.05) is 23.2 Å². The Morgan fingerprint density at radius 1 is 1.31 bits per heavy atom. The first-order valence-electron chi connectivity index (χ1n) is 3.96. The molecule has 13 heavy (non-hydrogen) atoms. The first kappa shape index (κ1) is 10.5. The Balaban J connectivity index is 3.09. The predicted octanol–water partition coefficient (Wildman–Crippen LogP) is 3.43. The molecule has 0 aliphatic carbocycles. The fraction of sp³-hybridized carbons (Fsp3) is 0.333. The third kappa shape index (κ3) is 2.42. The molecule has 0 atom stereocenters. The van der Waals surface area contributed by atoms with Crippen molar-refractivity contribution in [3.63, 3.8) is 0 Å². The largest absolute Gasteiger partial charge is 0.495 e. The van der Waals surface area contributed by atoms with Crippen LogP contribution in [-0.2, 0) is 0 Å². The Morgan fingerprint density at radius 2 is 1.92 bits per heavy atom. The molecular weight excluding hydrogens is 209 g/mol. The number of anilines is 1. The maximum atomic E-state index is 5.85. The number of rotatable bonds is 3. The number of halogens is 2. The van der Waals surface area contributed by atoms with Crippen LogP contribution in [-0.4, -0.2) is 13.7 Å². The number of hydrogen-bond donors (Lipinski definition) is 1.